The van der Waals surface area contributed by atoms with Gasteiger partial charge in [-0.2, -0.15) is 0 Å². The van der Waals surface area contributed by atoms with Crippen LogP contribution in [0.1, 0.15) is 36.8 Å². The fourth-order valence-corrected chi connectivity index (χ4v) is 3.03. The number of ether oxygens (including phenoxy) is 3. The van der Waals surface area contributed by atoms with E-state index in [4.69, 9.17) is 25.1 Å². The fourth-order valence-electron chi connectivity index (χ4n) is 3.03. The minimum absolute atomic E-state index is 0.0766. The summed E-state index contributed by atoms with van der Waals surface area (Å²) in [4.78, 5) is 34.3. The van der Waals surface area contributed by atoms with Gasteiger partial charge < -0.3 is 24.6 Å². The number of hydrogen-bond acceptors (Lipinski definition) is 7. The third-order valence-electron chi connectivity index (χ3n) is 4.44. The number of aliphatic carboxylic acids is 1. The van der Waals surface area contributed by atoms with Gasteiger partial charge in [0.15, 0.2) is 17.7 Å². The Morgan fingerprint density at radius 1 is 1.26 bits per heavy atom. The van der Waals surface area contributed by atoms with Gasteiger partial charge in [-0.05, 0) is 36.1 Å². The van der Waals surface area contributed by atoms with E-state index in [9.17, 15) is 14.4 Å². The molecule has 27 heavy (non-hydrogen) atoms. The monoisotopic (exact) mass is 380 g/mol. The normalized spacial score (nSPS) is 17.0. The zero-order valence-corrected chi connectivity index (χ0v) is 15.5. The summed E-state index contributed by atoms with van der Waals surface area (Å²) in [5, 5.41) is 11.2. The van der Waals surface area contributed by atoms with E-state index < -0.39 is 30.1 Å². The molecule has 0 spiro atoms. The predicted molar refractivity (Wildman–Crippen MR) is 94.5 cm³/mol. The molecule has 3 atom stereocenters. The zero-order valence-electron chi connectivity index (χ0n) is 15.5. The summed E-state index contributed by atoms with van der Waals surface area (Å²) in [7, 11) is 3.07. The number of nitrogens with one attached hydrogen (secondary N) is 1. The number of nitrogens with two attached hydrogens (primary N) is 1. The number of amides is 1. The van der Waals surface area contributed by atoms with Crippen molar-refractivity contribution in [1.82, 2.24) is 5.32 Å². The maximum atomic E-state index is 12.3. The van der Waals surface area contributed by atoms with Crippen LogP contribution in [0.3, 0.4) is 0 Å². The molecule has 0 radical (unpaired) electrons. The third-order valence-corrected chi connectivity index (χ3v) is 4.44. The number of carbonyl (C=O) groups excluding carboxylic acids is 2. The van der Waals surface area contributed by atoms with E-state index >= 15 is 0 Å². The molecule has 1 amide bonds. The van der Waals surface area contributed by atoms with Crippen LogP contribution in [0.5, 0.6) is 11.5 Å². The number of methoxy groups -OCH3 is 2. The molecule has 0 aliphatic heterocycles. The summed E-state index contributed by atoms with van der Waals surface area (Å²) in [5.41, 5.74) is 7.96. The molecule has 9 nitrogen and oxygen atoms in total. The van der Waals surface area contributed by atoms with Crippen molar-refractivity contribution in [3.05, 3.63) is 23.3 Å². The molecule has 0 bridgehead atoms. The van der Waals surface area contributed by atoms with E-state index in [1.165, 1.54) is 14.0 Å². The Bertz CT molecular complexity index is 735. The van der Waals surface area contributed by atoms with Crippen LogP contribution < -0.4 is 20.5 Å². The minimum Gasteiger partial charge on any atom is -0.493 e. The highest BCUT2D eigenvalue weighted by molar-refractivity contribution is 5.83. The summed E-state index contributed by atoms with van der Waals surface area (Å²) >= 11 is 0. The van der Waals surface area contributed by atoms with Crippen molar-refractivity contribution in [2.75, 3.05) is 14.2 Å². The number of fused-ring (bicyclic) bond motifs is 1. The molecule has 148 valence electrons. The topological polar surface area (TPSA) is 137 Å². The number of carboxylic acids is 1. The Morgan fingerprint density at radius 3 is 2.44 bits per heavy atom. The van der Waals surface area contributed by atoms with E-state index in [1.54, 1.807) is 13.2 Å². The maximum absolute atomic E-state index is 12.3. The summed E-state index contributed by atoms with van der Waals surface area (Å²) in [5.74, 6) is -1.34. The molecule has 4 N–H and O–H groups in total. The molecule has 1 aromatic rings. The first-order chi connectivity index (χ1) is 12.8. The van der Waals surface area contributed by atoms with E-state index in [0.29, 0.717) is 17.9 Å². The van der Waals surface area contributed by atoms with E-state index in [1.807, 2.05) is 6.07 Å². The first-order valence-corrected chi connectivity index (χ1v) is 8.46. The molecule has 0 saturated carbocycles. The lowest BCUT2D eigenvalue weighted by molar-refractivity contribution is -0.154. The first kappa shape index (κ1) is 20.5. The van der Waals surface area contributed by atoms with Gasteiger partial charge in [0.25, 0.3) is 0 Å². The largest absolute Gasteiger partial charge is 0.493 e. The van der Waals surface area contributed by atoms with Crippen molar-refractivity contribution < 1.29 is 33.7 Å². The summed E-state index contributed by atoms with van der Waals surface area (Å²) in [6, 6.07) is 2.59. The van der Waals surface area contributed by atoms with Gasteiger partial charge in [-0.3, -0.25) is 15.3 Å². The second-order valence-electron chi connectivity index (χ2n) is 6.30. The molecule has 0 heterocycles. The lowest BCUT2D eigenvalue weighted by Crippen LogP contribution is -2.46. The summed E-state index contributed by atoms with van der Waals surface area (Å²) in [6.07, 6.45) is -0.681. The van der Waals surface area contributed by atoms with Crippen LogP contribution in [0.2, 0.25) is 0 Å². The van der Waals surface area contributed by atoms with Crippen LogP contribution in [0.4, 0.5) is 0 Å². The Balaban J connectivity index is 2.05. The van der Waals surface area contributed by atoms with Gasteiger partial charge >= 0.3 is 11.9 Å². The highest BCUT2D eigenvalue weighted by atomic mass is 16.6. The van der Waals surface area contributed by atoms with Gasteiger partial charge in [0.2, 0.25) is 5.91 Å². The van der Waals surface area contributed by atoms with Crippen molar-refractivity contribution >= 4 is 17.8 Å². The van der Waals surface area contributed by atoms with Crippen molar-refractivity contribution in [2.24, 2.45) is 5.73 Å². The Labute approximate surface area is 156 Å². The van der Waals surface area contributed by atoms with Crippen molar-refractivity contribution in [2.45, 2.75) is 44.4 Å². The second kappa shape index (κ2) is 8.72. The van der Waals surface area contributed by atoms with Crippen LogP contribution in [0, 0.1) is 0 Å². The summed E-state index contributed by atoms with van der Waals surface area (Å²) < 4.78 is 15.8. The Hall–Kier alpha value is -2.81. The molecule has 1 aliphatic carbocycles. The van der Waals surface area contributed by atoms with Crippen LogP contribution in [0.15, 0.2) is 12.1 Å². The molecule has 1 aromatic carbocycles. The fraction of sp³-hybridized carbons (Fsp3) is 0.500. The third kappa shape index (κ3) is 4.88. The van der Waals surface area contributed by atoms with Gasteiger partial charge in [-0.15, -0.1) is 0 Å². The molecular weight excluding hydrogens is 356 g/mol. The van der Waals surface area contributed by atoms with E-state index in [-0.39, 0.29) is 18.8 Å². The molecule has 0 aromatic heterocycles. The molecule has 0 saturated heterocycles. The van der Waals surface area contributed by atoms with Gasteiger partial charge in [0.05, 0.1) is 14.2 Å². The van der Waals surface area contributed by atoms with E-state index in [0.717, 1.165) is 11.1 Å². The maximum Gasteiger partial charge on any atom is 0.330 e. The van der Waals surface area contributed by atoms with Crippen molar-refractivity contribution in [3.63, 3.8) is 0 Å². The Morgan fingerprint density at radius 2 is 1.89 bits per heavy atom. The standard InChI is InChI=1S/C18H24N2O7/c1-9(21)20-13(4-5-16(22)23)18(24)27-17(19)12-6-10-7-14(25-2)15(26-3)8-11(10)12/h7-8,12-13,17H,4-6,19H2,1-3H3,(H,20,21)(H,22,23)/t12?,13-,17?/m0/s1. The zero-order chi connectivity index (χ0) is 20.1. The Kier molecular flexibility index (Phi) is 6.62. The average Bonchev–Trinajstić information content (AvgIpc) is 2.58. The summed E-state index contributed by atoms with van der Waals surface area (Å²) in [6.45, 7) is 1.24. The number of hydrogen-bond donors (Lipinski definition) is 3. The number of benzene rings is 1. The van der Waals surface area contributed by atoms with E-state index in [2.05, 4.69) is 5.32 Å². The van der Waals surface area contributed by atoms with Gasteiger partial charge in [0.1, 0.15) is 6.04 Å². The highest BCUT2D eigenvalue weighted by Gasteiger charge is 2.36. The quantitative estimate of drug-likeness (QED) is 0.417. The SMILES string of the molecule is COc1cc2c(cc1OC)C(C(N)OC(=O)[C@H](CCC(=O)O)NC(C)=O)C2. The molecule has 0 fully saturated rings. The molecule has 9 heteroatoms. The van der Waals surface area contributed by atoms with Crippen molar-refractivity contribution in [3.8, 4) is 11.5 Å². The molecule has 2 rings (SSSR count). The smallest absolute Gasteiger partial charge is 0.330 e. The minimum atomic E-state index is -1.07. The van der Waals surface area contributed by atoms with Gasteiger partial charge in [0, 0.05) is 19.3 Å². The number of carbonyl (C=O) groups is 3. The molecule has 1 aliphatic rings. The number of carboxylic acid groups (broad SMARTS) is 1. The van der Waals surface area contributed by atoms with Crippen LogP contribution in [0.25, 0.3) is 0 Å². The predicted octanol–water partition coefficient (Wildman–Crippen LogP) is 0.541. The molecular formula is C18H24N2O7. The first-order valence-electron chi connectivity index (χ1n) is 8.46. The van der Waals surface area contributed by atoms with Crippen LogP contribution in [-0.2, 0) is 25.5 Å². The molecule has 2 unspecified atom stereocenters. The van der Waals surface area contributed by atoms with Gasteiger partial charge in [-0.25, -0.2) is 4.79 Å². The highest BCUT2D eigenvalue weighted by Crippen LogP contribution is 2.43. The second-order valence-corrected chi connectivity index (χ2v) is 6.30. The lowest BCUT2D eigenvalue weighted by Gasteiger charge is -2.35. The lowest BCUT2D eigenvalue weighted by atomic mass is 9.76. The van der Waals surface area contributed by atoms with Gasteiger partial charge in [-0.1, -0.05) is 0 Å². The number of esters is 1. The van der Waals surface area contributed by atoms with Crippen molar-refractivity contribution in [1.29, 1.82) is 0 Å². The average molecular weight is 380 g/mol. The van der Waals surface area contributed by atoms with Crippen LogP contribution >= 0.6 is 0 Å². The van der Waals surface area contributed by atoms with Crippen LogP contribution in [-0.4, -0.2) is 49.4 Å². The number of rotatable bonds is 9.